The van der Waals surface area contributed by atoms with Gasteiger partial charge in [0.25, 0.3) is 0 Å². The lowest BCUT2D eigenvalue weighted by atomic mass is 10.1. The largest absolute Gasteiger partial charge is 0.497 e. The normalized spacial score (nSPS) is 15.0. The Morgan fingerprint density at radius 3 is 2.67 bits per heavy atom. The number of methoxy groups -OCH3 is 1. The number of rotatable bonds is 4. The number of aromatic nitrogens is 2. The van der Waals surface area contributed by atoms with E-state index in [1.54, 1.807) is 36.5 Å². The summed E-state index contributed by atoms with van der Waals surface area (Å²) in [6.45, 7) is 1.26. The fourth-order valence-electron chi connectivity index (χ4n) is 2.58. The van der Waals surface area contributed by atoms with Crippen LogP contribution < -0.4 is 14.8 Å². The first kappa shape index (κ1) is 16.0. The Morgan fingerprint density at radius 1 is 1.21 bits per heavy atom. The summed E-state index contributed by atoms with van der Waals surface area (Å²) in [5.74, 6) is 0.711. The number of nitrogens with zero attached hydrogens (tertiary/aromatic N) is 3. The monoisotopic (exact) mass is 328 g/mol. The van der Waals surface area contributed by atoms with Gasteiger partial charge in [-0.05, 0) is 18.2 Å². The Balaban J connectivity index is 1.49. The van der Waals surface area contributed by atoms with Crippen LogP contribution in [0.25, 0.3) is 0 Å². The molecule has 0 atom stereocenters. The first-order valence-corrected chi connectivity index (χ1v) is 7.88. The highest BCUT2D eigenvalue weighted by Crippen LogP contribution is 2.19. The van der Waals surface area contributed by atoms with E-state index in [1.165, 1.54) is 0 Å². The second-order valence-electron chi connectivity index (χ2n) is 5.50. The number of hydrogen-bond acceptors (Lipinski definition) is 5. The maximum atomic E-state index is 12.3. The number of amides is 2. The molecule has 24 heavy (non-hydrogen) atoms. The van der Waals surface area contributed by atoms with Crippen molar-refractivity contribution in [2.45, 2.75) is 18.9 Å². The summed E-state index contributed by atoms with van der Waals surface area (Å²) in [6.07, 6.45) is 4.85. The molecule has 3 rings (SSSR count). The van der Waals surface area contributed by atoms with Crippen LogP contribution in [0.2, 0.25) is 0 Å². The summed E-state index contributed by atoms with van der Waals surface area (Å²) < 4.78 is 10.9. The number of nitrogens with one attached hydrogen (secondary N) is 1. The molecule has 0 bridgehead atoms. The van der Waals surface area contributed by atoms with E-state index in [2.05, 4.69) is 15.3 Å². The molecule has 0 spiro atoms. The summed E-state index contributed by atoms with van der Waals surface area (Å²) in [6, 6.07) is 9.33. The molecular weight excluding hydrogens is 308 g/mol. The fourth-order valence-corrected chi connectivity index (χ4v) is 2.58. The SMILES string of the molecule is COc1cccc(NC(=O)N2CCC(Oc3ncccn3)CC2)c1. The standard InChI is InChI=1S/C17H20N4O3/c1-23-15-5-2-4-13(12-15)20-17(22)21-10-6-14(7-11-21)24-16-18-8-3-9-19-16/h2-5,8-9,12,14H,6-7,10-11H2,1H3,(H,20,22). The molecule has 0 aliphatic carbocycles. The minimum atomic E-state index is -0.113. The number of carbonyl (C=O) groups is 1. The molecular formula is C17H20N4O3. The van der Waals surface area contributed by atoms with Gasteiger partial charge in [0.15, 0.2) is 0 Å². The van der Waals surface area contributed by atoms with Gasteiger partial charge in [0.05, 0.1) is 7.11 Å². The van der Waals surface area contributed by atoms with Crippen LogP contribution in [0.3, 0.4) is 0 Å². The van der Waals surface area contributed by atoms with Crippen molar-refractivity contribution in [1.82, 2.24) is 14.9 Å². The summed E-state index contributed by atoms with van der Waals surface area (Å²) in [5.41, 5.74) is 0.718. The molecule has 0 radical (unpaired) electrons. The predicted molar refractivity (Wildman–Crippen MR) is 89.3 cm³/mol. The third-order valence-corrected chi connectivity index (χ3v) is 3.86. The van der Waals surface area contributed by atoms with Crippen molar-refractivity contribution in [3.63, 3.8) is 0 Å². The van der Waals surface area contributed by atoms with Gasteiger partial charge in [-0.25, -0.2) is 14.8 Å². The van der Waals surface area contributed by atoms with Crippen molar-refractivity contribution in [3.05, 3.63) is 42.7 Å². The number of anilines is 1. The lowest BCUT2D eigenvalue weighted by Crippen LogP contribution is -2.43. The van der Waals surface area contributed by atoms with E-state index in [1.807, 2.05) is 18.2 Å². The van der Waals surface area contributed by atoms with E-state index in [0.29, 0.717) is 24.8 Å². The fraction of sp³-hybridized carbons (Fsp3) is 0.353. The Kier molecular flexibility index (Phi) is 5.10. The molecule has 126 valence electrons. The summed E-state index contributed by atoms with van der Waals surface area (Å²) in [4.78, 5) is 22.2. The number of piperidine rings is 1. The third-order valence-electron chi connectivity index (χ3n) is 3.86. The van der Waals surface area contributed by atoms with Crippen molar-refractivity contribution < 1.29 is 14.3 Å². The van der Waals surface area contributed by atoms with Crippen LogP contribution in [0, 0.1) is 0 Å². The molecule has 1 saturated heterocycles. The van der Waals surface area contributed by atoms with Gasteiger partial charge in [-0.15, -0.1) is 0 Å². The topological polar surface area (TPSA) is 76.6 Å². The maximum absolute atomic E-state index is 12.3. The van der Waals surface area contributed by atoms with Crippen molar-refractivity contribution in [2.75, 3.05) is 25.5 Å². The second kappa shape index (κ2) is 7.63. The maximum Gasteiger partial charge on any atom is 0.321 e. The molecule has 0 saturated carbocycles. The van der Waals surface area contributed by atoms with Crippen LogP contribution in [-0.4, -0.2) is 47.2 Å². The zero-order valence-corrected chi connectivity index (χ0v) is 13.5. The molecule has 2 aromatic rings. The summed E-state index contributed by atoms with van der Waals surface area (Å²) in [7, 11) is 1.60. The van der Waals surface area contributed by atoms with Gasteiger partial charge in [-0.3, -0.25) is 0 Å². The van der Waals surface area contributed by atoms with E-state index < -0.39 is 0 Å². The van der Waals surface area contributed by atoms with Crippen molar-refractivity contribution >= 4 is 11.7 Å². The zero-order valence-electron chi connectivity index (χ0n) is 13.5. The highest BCUT2D eigenvalue weighted by Gasteiger charge is 2.24. The molecule has 2 amide bonds. The van der Waals surface area contributed by atoms with E-state index in [9.17, 15) is 4.79 Å². The third kappa shape index (κ3) is 4.13. The molecule has 1 N–H and O–H groups in total. The average molecular weight is 328 g/mol. The zero-order chi connectivity index (χ0) is 16.8. The first-order valence-electron chi connectivity index (χ1n) is 7.88. The van der Waals surface area contributed by atoms with E-state index in [-0.39, 0.29) is 12.1 Å². The van der Waals surface area contributed by atoms with Crippen LogP contribution in [0.15, 0.2) is 42.7 Å². The molecule has 1 aliphatic heterocycles. The smallest absolute Gasteiger partial charge is 0.321 e. The lowest BCUT2D eigenvalue weighted by Gasteiger charge is -2.31. The van der Waals surface area contributed by atoms with Crippen LogP contribution in [0.1, 0.15) is 12.8 Å². The highest BCUT2D eigenvalue weighted by molar-refractivity contribution is 5.89. The quantitative estimate of drug-likeness (QED) is 0.933. The molecule has 7 nitrogen and oxygen atoms in total. The number of urea groups is 1. The van der Waals surface area contributed by atoms with Crippen molar-refractivity contribution in [1.29, 1.82) is 0 Å². The Bertz CT molecular complexity index is 673. The van der Waals surface area contributed by atoms with Gasteiger partial charge >= 0.3 is 12.0 Å². The molecule has 1 aromatic carbocycles. The molecule has 1 fully saturated rings. The van der Waals surface area contributed by atoms with Crippen LogP contribution >= 0.6 is 0 Å². The van der Waals surface area contributed by atoms with Gasteiger partial charge < -0.3 is 19.7 Å². The lowest BCUT2D eigenvalue weighted by molar-refractivity contribution is 0.107. The number of likely N-dealkylation sites (tertiary alicyclic amines) is 1. The Hall–Kier alpha value is -2.83. The van der Waals surface area contributed by atoms with E-state index in [0.717, 1.165) is 18.5 Å². The predicted octanol–water partition coefficient (Wildman–Crippen LogP) is 2.56. The van der Waals surface area contributed by atoms with E-state index >= 15 is 0 Å². The molecule has 1 aliphatic rings. The number of hydrogen-bond donors (Lipinski definition) is 1. The molecule has 0 unspecified atom stereocenters. The second-order valence-corrected chi connectivity index (χ2v) is 5.50. The number of ether oxygens (including phenoxy) is 2. The van der Waals surface area contributed by atoms with Gasteiger partial charge in [-0.2, -0.15) is 0 Å². The highest BCUT2D eigenvalue weighted by atomic mass is 16.5. The van der Waals surface area contributed by atoms with Gasteiger partial charge in [-0.1, -0.05) is 6.07 Å². The minimum Gasteiger partial charge on any atom is -0.497 e. The minimum absolute atomic E-state index is 0.0354. The van der Waals surface area contributed by atoms with Gasteiger partial charge in [0, 0.05) is 50.1 Å². The van der Waals surface area contributed by atoms with Crippen LogP contribution in [-0.2, 0) is 0 Å². The van der Waals surface area contributed by atoms with Gasteiger partial charge in [0.2, 0.25) is 0 Å². The van der Waals surface area contributed by atoms with E-state index in [4.69, 9.17) is 9.47 Å². The number of carbonyl (C=O) groups excluding carboxylic acids is 1. The molecule has 1 aromatic heterocycles. The average Bonchev–Trinajstić information content (AvgIpc) is 2.63. The van der Waals surface area contributed by atoms with Crippen LogP contribution in [0.4, 0.5) is 10.5 Å². The molecule has 7 heteroatoms. The van der Waals surface area contributed by atoms with Crippen molar-refractivity contribution in [3.8, 4) is 11.8 Å². The van der Waals surface area contributed by atoms with Crippen molar-refractivity contribution in [2.24, 2.45) is 0 Å². The summed E-state index contributed by atoms with van der Waals surface area (Å²) >= 11 is 0. The Morgan fingerprint density at radius 2 is 1.96 bits per heavy atom. The van der Waals surface area contributed by atoms with Crippen LogP contribution in [0.5, 0.6) is 11.8 Å². The summed E-state index contributed by atoms with van der Waals surface area (Å²) in [5, 5.41) is 2.89. The first-order chi connectivity index (χ1) is 11.7. The molecule has 2 heterocycles. The number of benzene rings is 1. The van der Waals surface area contributed by atoms with Gasteiger partial charge in [0.1, 0.15) is 11.9 Å². The Labute approximate surface area is 140 Å².